The first-order valence-electron chi connectivity index (χ1n) is 4.76. The predicted octanol–water partition coefficient (Wildman–Crippen LogP) is 1.72. The molecular weight excluding hydrogens is 199 g/mol. The number of methoxy groups -OCH3 is 1. The molecule has 0 aromatic heterocycles. The van der Waals surface area contributed by atoms with Crippen molar-refractivity contribution in [2.24, 2.45) is 0 Å². The first-order chi connectivity index (χ1) is 7.05. The minimum atomic E-state index is -1.31. The first-order valence-corrected chi connectivity index (χ1v) is 4.76. The molecule has 3 nitrogen and oxygen atoms in total. The Morgan fingerprint density at radius 3 is 2.60 bits per heavy atom. The maximum absolute atomic E-state index is 13.4. The van der Waals surface area contributed by atoms with Gasteiger partial charge in [0, 0.05) is 13.5 Å². The molecule has 1 aliphatic rings. The second kappa shape index (κ2) is 7.17. The Morgan fingerprint density at radius 1 is 1.47 bits per heavy atom. The highest BCUT2D eigenvalue weighted by Crippen LogP contribution is 2.22. The summed E-state index contributed by atoms with van der Waals surface area (Å²) in [5, 5.41) is 0. The van der Waals surface area contributed by atoms with Crippen molar-refractivity contribution in [1.29, 1.82) is 0 Å². The molecule has 84 valence electrons. The van der Waals surface area contributed by atoms with Gasteiger partial charge in [0.25, 0.3) is 0 Å². The van der Waals surface area contributed by atoms with Crippen molar-refractivity contribution in [1.82, 2.24) is 0 Å². The molecule has 0 saturated heterocycles. The van der Waals surface area contributed by atoms with E-state index in [1.54, 1.807) is 7.11 Å². The number of hydrogen-bond acceptors (Lipinski definition) is 3. The van der Waals surface area contributed by atoms with Crippen molar-refractivity contribution >= 4 is 6.15 Å². The van der Waals surface area contributed by atoms with Crippen LogP contribution < -0.4 is 0 Å². The Hall–Kier alpha value is -1.17. The van der Waals surface area contributed by atoms with Crippen LogP contribution in [-0.4, -0.2) is 25.0 Å². The van der Waals surface area contributed by atoms with E-state index in [0.29, 0.717) is 6.42 Å². The van der Waals surface area contributed by atoms with Crippen molar-refractivity contribution in [2.75, 3.05) is 7.11 Å². The van der Waals surface area contributed by atoms with E-state index < -0.39 is 5.67 Å². The molecule has 2 atom stereocenters. The molecule has 0 amide bonds. The van der Waals surface area contributed by atoms with Gasteiger partial charge in [0.2, 0.25) is 0 Å². The average Bonchev–Trinajstić information content (AvgIpc) is 2.15. The van der Waals surface area contributed by atoms with Crippen molar-refractivity contribution in [3.05, 3.63) is 0 Å². The molecule has 1 rings (SSSR count). The van der Waals surface area contributed by atoms with Gasteiger partial charge in [0.1, 0.15) is 0 Å². The normalized spacial score (nSPS) is 29.4. The summed E-state index contributed by atoms with van der Waals surface area (Å²) < 4.78 is 18.6. The van der Waals surface area contributed by atoms with E-state index in [1.165, 1.54) is 6.92 Å². The fraction of sp³-hybridized carbons (Fsp3) is 0.727. The molecule has 0 spiro atoms. The third-order valence-corrected chi connectivity index (χ3v) is 2.21. The minimum Gasteiger partial charge on any atom is -0.381 e. The highest BCUT2D eigenvalue weighted by molar-refractivity contribution is 5.20. The van der Waals surface area contributed by atoms with E-state index in [4.69, 9.17) is 14.3 Å². The zero-order valence-electron chi connectivity index (χ0n) is 9.01. The summed E-state index contributed by atoms with van der Waals surface area (Å²) in [7, 11) is 1.68. The van der Waals surface area contributed by atoms with Crippen LogP contribution in [0.15, 0.2) is 0 Å². The van der Waals surface area contributed by atoms with Gasteiger partial charge >= 0.3 is 6.15 Å². The van der Waals surface area contributed by atoms with E-state index in [9.17, 15) is 4.39 Å². The summed E-state index contributed by atoms with van der Waals surface area (Å²) in [6.45, 7) is 1.54. The largest absolute Gasteiger partial charge is 0.381 e. The zero-order valence-corrected chi connectivity index (χ0v) is 9.01. The number of rotatable bonds is 1. The molecule has 2 unspecified atom stereocenters. The molecule has 0 radical (unpaired) electrons. The lowest BCUT2D eigenvalue weighted by atomic mass is 9.96. The van der Waals surface area contributed by atoms with E-state index >= 15 is 0 Å². The number of hydrogen-bond donors (Lipinski definition) is 0. The summed E-state index contributed by atoms with van der Waals surface area (Å²) >= 11 is 0. The number of halogens is 1. The molecule has 0 aliphatic heterocycles. The highest BCUT2D eigenvalue weighted by Gasteiger charge is 2.23. The molecule has 15 heavy (non-hydrogen) atoms. The maximum atomic E-state index is 13.4. The maximum Gasteiger partial charge on any atom is 0.373 e. The monoisotopic (exact) mass is 214 g/mol. The Morgan fingerprint density at radius 2 is 2.07 bits per heavy atom. The second-order valence-corrected chi connectivity index (χ2v) is 3.52. The number of ether oxygens (including phenoxy) is 1. The van der Waals surface area contributed by atoms with Gasteiger partial charge in [0.15, 0.2) is 5.67 Å². The molecule has 0 saturated carbocycles. The smallest absolute Gasteiger partial charge is 0.373 e. The average molecular weight is 214 g/mol. The lowest BCUT2D eigenvalue weighted by Crippen LogP contribution is -2.21. The molecule has 0 aromatic rings. The van der Waals surface area contributed by atoms with Crippen LogP contribution in [0.1, 0.15) is 32.6 Å². The van der Waals surface area contributed by atoms with Crippen LogP contribution in [-0.2, 0) is 14.3 Å². The molecule has 4 heteroatoms. The SMILES string of the molecule is COC1CCC#CC(C)(F)CC1.O=C=O. The molecular formula is C11H15FO3. The molecule has 0 aromatic carbocycles. The van der Waals surface area contributed by atoms with Gasteiger partial charge in [-0.05, 0) is 26.2 Å². The van der Waals surface area contributed by atoms with Crippen molar-refractivity contribution in [2.45, 2.75) is 44.4 Å². The van der Waals surface area contributed by atoms with E-state index in [0.717, 1.165) is 19.3 Å². The van der Waals surface area contributed by atoms with Gasteiger partial charge in [-0.2, -0.15) is 9.59 Å². The molecule has 0 fully saturated rings. The summed E-state index contributed by atoms with van der Waals surface area (Å²) in [4.78, 5) is 16.2. The first kappa shape index (κ1) is 13.8. The van der Waals surface area contributed by atoms with Crippen LogP contribution in [0.2, 0.25) is 0 Å². The summed E-state index contributed by atoms with van der Waals surface area (Å²) in [6, 6.07) is 0. The van der Waals surface area contributed by atoms with Crippen LogP contribution in [0.4, 0.5) is 4.39 Å². The van der Waals surface area contributed by atoms with Crippen LogP contribution in [0.25, 0.3) is 0 Å². The quantitative estimate of drug-likeness (QED) is 0.624. The molecule has 0 bridgehead atoms. The van der Waals surface area contributed by atoms with Gasteiger partial charge in [-0.1, -0.05) is 11.8 Å². The molecule has 0 N–H and O–H groups in total. The number of carbonyl (C=O) groups excluding carboxylic acids is 2. The summed E-state index contributed by atoms with van der Waals surface area (Å²) in [5.41, 5.74) is -1.31. The van der Waals surface area contributed by atoms with Gasteiger partial charge in [0.05, 0.1) is 6.10 Å². The van der Waals surface area contributed by atoms with E-state index in [-0.39, 0.29) is 12.3 Å². The van der Waals surface area contributed by atoms with Crippen LogP contribution in [0.3, 0.4) is 0 Å². The van der Waals surface area contributed by atoms with Crippen LogP contribution >= 0.6 is 0 Å². The predicted molar refractivity (Wildman–Crippen MR) is 51.6 cm³/mol. The van der Waals surface area contributed by atoms with Gasteiger partial charge in [-0.25, -0.2) is 4.39 Å². The van der Waals surface area contributed by atoms with Gasteiger partial charge in [-0.15, -0.1) is 0 Å². The standard InChI is InChI=1S/C10H15FO.CO2/c1-10(11)7-4-3-5-9(12-2)6-8-10;2-1-3/h9H,3,5-6,8H2,1-2H3;. The van der Waals surface area contributed by atoms with Gasteiger partial charge < -0.3 is 4.74 Å². The highest BCUT2D eigenvalue weighted by atomic mass is 19.1. The van der Waals surface area contributed by atoms with Crippen LogP contribution in [0, 0.1) is 11.8 Å². The van der Waals surface area contributed by atoms with Crippen molar-refractivity contribution < 1.29 is 18.7 Å². The third kappa shape index (κ3) is 6.84. The zero-order chi connectivity index (χ0) is 11.7. The Kier molecular flexibility index (Phi) is 6.61. The fourth-order valence-corrected chi connectivity index (χ4v) is 1.35. The van der Waals surface area contributed by atoms with E-state index in [1.807, 2.05) is 0 Å². The lowest BCUT2D eigenvalue weighted by molar-refractivity contribution is -0.191. The summed E-state index contributed by atoms with van der Waals surface area (Å²) in [5.74, 6) is 5.47. The Balaban J connectivity index is 0.000000583. The van der Waals surface area contributed by atoms with Gasteiger partial charge in [-0.3, -0.25) is 0 Å². The second-order valence-electron chi connectivity index (χ2n) is 3.52. The Bertz CT molecular complexity index is 269. The third-order valence-electron chi connectivity index (χ3n) is 2.21. The fourth-order valence-electron chi connectivity index (χ4n) is 1.35. The Labute approximate surface area is 89.0 Å². The summed E-state index contributed by atoms with van der Waals surface area (Å²) in [6.07, 6.45) is 3.38. The molecule has 1 aliphatic carbocycles. The number of alkyl halides is 1. The lowest BCUT2D eigenvalue weighted by Gasteiger charge is -2.20. The topological polar surface area (TPSA) is 43.4 Å². The van der Waals surface area contributed by atoms with E-state index in [2.05, 4.69) is 11.8 Å². The minimum absolute atomic E-state index is 0.190. The van der Waals surface area contributed by atoms with Crippen molar-refractivity contribution in [3.8, 4) is 11.8 Å². The van der Waals surface area contributed by atoms with Crippen molar-refractivity contribution in [3.63, 3.8) is 0 Å². The van der Waals surface area contributed by atoms with Crippen LogP contribution in [0.5, 0.6) is 0 Å². The molecule has 0 heterocycles.